The van der Waals surface area contributed by atoms with Crippen molar-refractivity contribution in [3.05, 3.63) is 16.9 Å². The lowest BCUT2D eigenvalue weighted by atomic mass is 10.3. The smallest absolute Gasteiger partial charge is 0.0750 e. The maximum Gasteiger partial charge on any atom is 0.0750 e. The van der Waals surface area contributed by atoms with E-state index in [1.165, 1.54) is 0 Å². The fourth-order valence-electron chi connectivity index (χ4n) is 1.17. The minimum Gasteiger partial charge on any atom is -0.396 e. The second-order valence-corrected chi connectivity index (χ2v) is 3.92. The van der Waals surface area contributed by atoms with Crippen LogP contribution in [0.3, 0.4) is 0 Å². The quantitative estimate of drug-likeness (QED) is 0.781. The lowest BCUT2D eigenvalue weighted by Crippen LogP contribution is -2.08. The number of ether oxygens (including phenoxy) is 1. The first-order valence-corrected chi connectivity index (χ1v) is 5.75. The molecule has 1 heterocycles. The minimum atomic E-state index is 0.654. The molecule has 0 amide bonds. The molecule has 0 atom stereocenters. The fraction of sp³-hybridized carbons (Fsp3) is 0.500. The van der Waals surface area contributed by atoms with Gasteiger partial charge in [-0.3, -0.25) is 4.98 Å². The summed E-state index contributed by atoms with van der Waals surface area (Å²) in [6, 6.07) is 0. The van der Waals surface area contributed by atoms with Crippen molar-refractivity contribution in [3.8, 4) is 0 Å². The number of nitrogens with two attached hydrogens (primary N) is 1. The molecule has 0 bridgehead atoms. The number of pyridine rings is 1. The zero-order valence-electron chi connectivity index (χ0n) is 8.79. The molecule has 0 aromatic carbocycles. The van der Waals surface area contributed by atoms with Crippen LogP contribution in [-0.4, -0.2) is 24.7 Å². The summed E-state index contributed by atoms with van der Waals surface area (Å²) in [7, 11) is 0. The Morgan fingerprint density at radius 1 is 1.53 bits per heavy atom. The molecule has 0 aliphatic rings. The first kappa shape index (κ1) is 12.3. The van der Waals surface area contributed by atoms with E-state index in [9.17, 15) is 0 Å². The number of nitrogen functional groups attached to an aromatic ring is 1. The molecule has 0 saturated carbocycles. The molecule has 0 spiro atoms. The molecule has 0 unspecified atom stereocenters. The van der Waals surface area contributed by atoms with Gasteiger partial charge in [0, 0.05) is 26.0 Å². The van der Waals surface area contributed by atoms with Crippen LogP contribution in [0.1, 0.15) is 13.3 Å². The number of halogens is 1. The molecule has 0 fully saturated rings. The summed E-state index contributed by atoms with van der Waals surface area (Å²) in [5, 5.41) is 3.25. The third-order valence-electron chi connectivity index (χ3n) is 1.90. The van der Waals surface area contributed by atoms with Gasteiger partial charge in [-0.1, -0.05) is 0 Å². The Labute approximate surface area is 98.3 Å². The first-order chi connectivity index (χ1) is 7.25. The molecule has 15 heavy (non-hydrogen) atoms. The van der Waals surface area contributed by atoms with Crippen LogP contribution in [0.2, 0.25) is 0 Å². The van der Waals surface area contributed by atoms with Gasteiger partial charge in [0.25, 0.3) is 0 Å². The van der Waals surface area contributed by atoms with Crippen LogP contribution >= 0.6 is 15.9 Å². The zero-order chi connectivity index (χ0) is 11.1. The van der Waals surface area contributed by atoms with Gasteiger partial charge in [-0.15, -0.1) is 0 Å². The molecule has 0 aliphatic carbocycles. The fourth-order valence-corrected chi connectivity index (χ4v) is 1.66. The first-order valence-electron chi connectivity index (χ1n) is 4.96. The Kier molecular flexibility index (Phi) is 5.42. The molecule has 0 aliphatic heterocycles. The monoisotopic (exact) mass is 273 g/mol. The van der Waals surface area contributed by atoms with E-state index in [2.05, 4.69) is 26.2 Å². The molecule has 5 heteroatoms. The van der Waals surface area contributed by atoms with Crippen molar-refractivity contribution in [2.75, 3.05) is 30.8 Å². The van der Waals surface area contributed by atoms with Crippen LogP contribution in [0, 0.1) is 0 Å². The Morgan fingerprint density at radius 2 is 2.33 bits per heavy atom. The van der Waals surface area contributed by atoms with Gasteiger partial charge in [-0.2, -0.15) is 0 Å². The molecule has 1 rings (SSSR count). The lowest BCUT2D eigenvalue weighted by molar-refractivity contribution is 0.147. The highest BCUT2D eigenvalue weighted by molar-refractivity contribution is 9.10. The Bertz CT molecular complexity index is 286. The number of aromatic nitrogens is 1. The van der Waals surface area contributed by atoms with Crippen molar-refractivity contribution in [3.63, 3.8) is 0 Å². The SMILES string of the molecule is CCOCCCNc1c(N)cncc1Br. The number of nitrogens with one attached hydrogen (secondary N) is 1. The Morgan fingerprint density at radius 3 is 3.00 bits per heavy atom. The molecule has 4 nitrogen and oxygen atoms in total. The number of rotatable bonds is 6. The summed E-state index contributed by atoms with van der Waals surface area (Å²) >= 11 is 3.39. The van der Waals surface area contributed by atoms with E-state index in [1.54, 1.807) is 12.4 Å². The van der Waals surface area contributed by atoms with Crippen LogP contribution in [0.5, 0.6) is 0 Å². The van der Waals surface area contributed by atoms with Crippen molar-refractivity contribution < 1.29 is 4.74 Å². The number of hydrogen-bond acceptors (Lipinski definition) is 4. The standard InChI is InChI=1S/C10H16BrN3O/c1-2-15-5-3-4-14-10-8(11)6-13-7-9(10)12/h6-7H,2-5,12H2,1H3,(H,13,14). The second kappa shape index (κ2) is 6.63. The topological polar surface area (TPSA) is 60.2 Å². The van der Waals surface area contributed by atoms with Crippen LogP contribution < -0.4 is 11.1 Å². The normalized spacial score (nSPS) is 10.3. The van der Waals surface area contributed by atoms with Gasteiger partial charge in [0.05, 0.1) is 22.0 Å². The van der Waals surface area contributed by atoms with E-state index in [-0.39, 0.29) is 0 Å². The Balaban J connectivity index is 2.37. The summed E-state index contributed by atoms with van der Waals surface area (Å²) in [6.07, 6.45) is 4.32. The molecular formula is C10H16BrN3O. The molecule has 1 aromatic heterocycles. The van der Waals surface area contributed by atoms with Crippen molar-refractivity contribution in [1.29, 1.82) is 0 Å². The van der Waals surface area contributed by atoms with E-state index in [0.717, 1.165) is 36.3 Å². The van der Waals surface area contributed by atoms with Gasteiger partial charge in [-0.25, -0.2) is 0 Å². The van der Waals surface area contributed by atoms with Crippen LogP contribution in [0.4, 0.5) is 11.4 Å². The zero-order valence-corrected chi connectivity index (χ0v) is 10.4. The molecule has 3 N–H and O–H groups in total. The van der Waals surface area contributed by atoms with Gasteiger partial charge in [0.2, 0.25) is 0 Å². The van der Waals surface area contributed by atoms with Crippen LogP contribution in [0.15, 0.2) is 16.9 Å². The minimum absolute atomic E-state index is 0.654. The third kappa shape index (κ3) is 4.05. The summed E-state index contributed by atoms with van der Waals surface area (Å²) in [6.45, 7) is 4.37. The maximum absolute atomic E-state index is 5.78. The molecule has 0 saturated heterocycles. The van der Waals surface area contributed by atoms with Crippen LogP contribution in [0.25, 0.3) is 0 Å². The van der Waals surface area contributed by atoms with E-state index < -0.39 is 0 Å². The van der Waals surface area contributed by atoms with Crippen molar-refractivity contribution >= 4 is 27.3 Å². The number of nitrogens with zero attached hydrogens (tertiary/aromatic N) is 1. The summed E-state index contributed by atoms with van der Waals surface area (Å²) in [5.41, 5.74) is 7.33. The Hall–Kier alpha value is -0.810. The molecule has 0 radical (unpaired) electrons. The second-order valence-electron chi connectivity index (χ2n) is 3.06. The van der Waals surface area contributed by atoms with Gasteiger partial charge < -0.3 is 15.8 Å². The maximum atomic E-state index is 5.78. The number of anilines is 2. The van der Waals surface area contributed by atoms with Crippen molar-refractivity contribution in [2.45, 2.75) is 13.3 Å². The average molecular weight is 274 g/mol. The highest BCUT2D eigenvalue weighted by Gasteiger charge is 2.02. The van der Waals surface area contributed by atoms with Crippen molar-refractivity contribution in [1.82, 2.24) is 4.98 Å². The van der Waals surface area contributed by atoms with E-state index in [0.29, 0.717) is 5.69 Å². The van der Waals surface area contributed by atoms with Gasteiger partial charge in [0.1, 0.15) is 0 Å². The predicted octanol–water partition coefficient (Wildman–Crippen LogP) is 2.26. The van der Waals surface area contributed by atoms with Gasteiger partial charge in [0.15, 0.2) is 0 Å². The van der Waals surface area contributed by atoms with Crippen molar-refractivity contribution in [2.24, 2.45) is 0 Å². The summed E-state index contributed by atoms with van der Waals surface area (Å²) in [5.74, 6) is 0. The summed E-state index contributed by atoms with van der Waals surface area (Å²) in [4.78, 5) is 3.97. The largest absolute Gasteiger partial charge is 0.396 e. The van der Waals surface area contributed by atoms with E-state index >= 15 is 0 Å². The van der Waals surface area contributed by atoms with Gasteiger partial charge in [-0.05, 0) is 29.3 Å². The van der Waals surface area contributed by atoms with E-state index in [4.69, 9.17) is 10.5 Å². The summed E-state index contributed by atoms with van der Waals surface area (Å²) < 4.78 is 6.12. The van der Waals surface area contributed by atoms with E-state index in [1.807, 2.05) is 6.92 Å². The van der Waals surface area contributed by atoms with Gasteiger partial charge >= 0.3 is 0 Å². The highest BCUT2D eigenvalue weighted by Crippen LogP contribution is 2.26. The number of hydrogen-bond donors (Lipinski definition) is 2. The molecule has 1 aromatic rings. The molecular weight excluding hydrogens is 258 g/mol. The third-order valence-corrected chi connectivity index (χ3v) is 2.50. The average Bonchev–Trinajstić information content (AvgIpc) is 2.21. The lowest BCUT2D eigenvalue weighted by Gasteiger charge is -2.10. The highest BCUT2D eigenvalue weighted by atomic mass is 79.9. The predicted molar refractivity (Wildman–Crippen MR) is 65.9 cm³/mol. The molecule has 84 valence electrons. The van der Waals surface area contributed by atoms with Crippen LogP contribution in [-0.2, 0) is 4.74 Å².